The van der Waals surface area contributed by atoms with Crippen LogP contribution in [0.3, 0.4) is 0 Å². The smallest absolute Gasteiger partial charge is 0.255 e. The average Bonchev–Trinajstić information content (AvgIpc) is 2.75. The van der Waals surface area contributed by atoms with Crippen molar-refractivity contribution in [2.75, 3.05) is 24.4 Å². The zero-order chi connectivity index (χ0) is 20.5. The normalized spacial score (nSPS) is 10.2. The van der Waals surface area contributed by atoms with Crippen molar-refractivity contribution in [3.05, 3.63) is 84.2 Å². The second-order valence-corrected chi connectivity index (χ2v) is 6.19. The minimum Gasteiger partial charge on any atom is -0.489 e. The minimum atomic E-state index is -0.241. The molecule has 0 saturated heterocycles. The molecule has 7 nitrogen and oxygen atoms in total. The number of hydrogen-bond acceptors (Lipinski definition) is 5. The van der Waals surface area contributed by atoms with Crippen LogP contribution < -0.4 is 15.4 Å². The Kier molecular flexibility index (Phi) is 6.91. The molecule has 3 aromatic rings. The number of nitrogens with one attached hydrogen (secondary N) is 2. The SMILES string of the molecule is COCC(=O)Nc1ccc(NC(=O)c2ccc(OCc3cccnc3)cc2)cc1. The van der Waals surface area contributed by atoms with Gasteiger partial charge in [0.15, 0.2) is 0 Å². The van der Waals surface area contributed by atoms with Crippen molar-refractivity contribution in [1.29, 1.82) is 0 Å². The zero-order valence-electron chi connectivity index (χ0n) is 15.9. The Morgan fingerprint density at radius 1 is 0.931 bits per heavy atom. The van der Waals surface area contributed by atoms with E-state index in [1.54, 1.807) is 60.9 Å². The number of aromatic nitrogens is 1. The number of carbonyl (C=O) groups excluding carboxylic acids is 2. The molecule has 3 rings (SSSR count). The van der Waals surface area contributed by atoms with E-state index in [-0.39, 0.29) is 18.4 Å². The number of amides is 2. The van der Waals surface area contributed by atoms with Gasteiger partial charge in [-0.25, -0.2) is 0 Å². The van der Waals surface area contributed by atoms with E-state index in [0.717, 1.165) is 5.56 Å². The molecular weight excluding hydrogens is 370 g/mol. The summed E-state index contributed by atoms with van der Waals surface area (Å²) in [5.74, 6) is 0.191. The predicted octanol–water partition coefficient (Wildman–Crippen LogP) is 3.50. The first-order valence-corrected chi connectivity index (χ1v) is 8.96. The van der Waals surface area contributed by atoms with Gasteiger partial charge < -0.3 is 20.1 Å². The third-order valence-corrected chi connectivity index (χ3v) is 3.95. The fraction of sp³-hybridized carbons (Fsp3) is 0.136. The maximum Gasteiger partial charge on any atom is 0.255 e. The molecule has 0 unspecified atom stereocenters. The molecule has 0 fully saturated rings. The van der Waals surface area contributed by atoms with Crippen molar-refractivity contribution < 1.29 is 19.1 Å². The first-order chi connectivity index (χ1) is 14.1. The zero-order valence-corrected chi connectivity index (χ0v) is 15.9. The lowest BCUT2D eigenvalue weighted by atomic mass is 10.2. The number of nitrogens with zero attached hydrogens (tertiary/aromatic N) is 1. The number of hydrogen-bond donors (Lipinski definition) is 2. The summed E-state index contributed by atoms with van der Waals surface area (Å²) in [7, 11) is 1.46. The van der Waals surface area contributed by atoms with Crippen LogP contribution in [0.5, 0.6) is 5.75 Å². The van der Waals surface area contributed by atoms with Gasteiger partial charge in [0.25, 0.3) is 5.91 Å². The van der Waals surface area contributed by atoms with Crippen LogP contribution in [0.25, 0.3) is 0 Å². The van der Waals surface area contributed by atoms with Crippen LogP contribution in [0.1, 0.15) is 15.9 Å². The fourth-order valence-corrected chi connectivity index (χ4v) is 2.52. The number of pyridine rings is 1. The molecular formula is C22H21N3O4. The van der Waals surface area contributed by atoms with E-state index in [9.17, 15) is 9.59 Å². The minimum absolute atomic E-state index is 0.0135. The van der Waals surface area contributed by atoms with Crippen LogP contribution in [0.15, 0.2) is 73.1 Å². The maximum absolute atomic E-state index is 12.4. The summed E-state index contributed by atoms with van der Waals surface area (Å²) >= 11 is 0. The van der Waals surface area contributed by atoms with Crippen LogP contribution >= 0.6 is 0 Å². The molecule has 29 heavy (non-hydrogen) atoms. The van der Waals surface area contributed by atoms with Crippen LogP contribution in [-0.4, -0.2) is 30.5 Å². The molecule has 0 saturated carbocycles. The number of benzene rings is 2. The average molecular weight is 391 g/mol. The quantitative estimate of drug-likeness (QED) is 0.613. The van der Waals surface area contributed by atoms with E-state index >= 15 is 0 Å². The molecule has 2 aromatic carbocycles. The van der Waals surface area contributed by atoms with E-state index in [1.807, 2.05) is 12.1 Å². The number of anilines is 2. The van der Waals surface area contributed by atoms with E-state index in [0.29, 0.717) is 29.3 Å². The number of ether oxygens (including phenoxy) is 2. The molecule has 0 aliphatic heterocycles. The highest BCUT2D eigenvalue weighted by Crippen LogP contribution is 2.17. The third-order valence-electron chi connectivity index (χ3n) is 3.95. The Bertz CT molecular complexity index is 942. The summed E-state index contributed by atoms with van der Waals surface area (Å²) < 4.78 is 10.5. The van der Waals surface area contributed by atoms with Crippen molar-refractivity contribution in [2.45, 2.75) is 6.61 Å². The van der Waals surface area contributed by atoms with Gasteiger partial charge in [-0.1, -0.05) is 6.07 Å². The molecule has 0 atom stereocenters. The van der Waals surface area contributed by atoms with E-state index in [1.165, 1.54) is 7.11 Å². The lowest BCUT2D eigenvalue weighted by Gasteiger charge is -2.09. The number of carbonyl (C=O) groups is 2. The van der Waals surface area contributed by atoms with Crippen LogP contribution in [0.4, 0.5) is 11.4 Å². The molecule has 1 aromatic heterocycles. The molecule has 2 N–H and O–H groups in total. The van der Waals surface area contributed by atoms with Crippen molar-refractivity contribution >= 4 is 23.2 Å². The highest BCUT2D eigenvalue weighted by Gasteiger charge is 2.07. The third kappa shape index (κ3) is 6.15. The second kappa shape index (κ2) is 10.0. The highest BCUT2D eigenvalue weighted by atomic mass is 16.5. The molecule has 7 heteroatoms. The second-order valence-electron chi connectivity index (χ2n) is 6.19. The molecule has 148 valence electrons. The van der Waals surface area contributed by atoms with Crippen LogP contribution in [0.2, 0.25) is 0 Å². The summed E-state index contributed by atoms with van der Waals surface area (Å²) in [5.41, 5.74) is 2.73. The van der Waals surface area contributed by atoms with E-state index in [4.69, 9.17) is 9.47 Å². The van der Waals surface area contributed by atoms with Gasteiger partial charge in [0.1, 0.15) is 19.0 Å². The number of methoxy groups -OCH3 is 1. The predicted molar refractivity (Wildman–Crippen MR) is 110 cm³/mol. The van der Waals surface area contributed by atoms with Crippen molar-refractivity contribution in [2.24, 2.45) is 0 Å². The Hall–Kier alpha value is -3.71. The Labute approximate surface area is 168 Å². The van der Waals surface area contributed by atoms with Gasteiger partial charge in [0, 0.05) is 42.0 Å². The molecule has 0 aliphatic rings. The first kappa shape index (κ1) is 20.0. The van der Waals surface area contributed by atoms with Gasteiger partial charge in [0.05, 0.1) is 0 Å². The van der Waals surface area contributed by atoms with E-state index in [2.05, 4.69) is 15.6 Å². The Morgan fingerprint density at radius 3 is 2.24 bits per heavy atom. The van der Waals surface area contributed by atoms with Crippen LogP contribution in [0, 0.1) is 0 Å². The summed E-state index contributed by atoms with van der Waals surface area (Å²) in [6, 6.07) is 17.5. The summed E-state index contributed by atoms with van der Waals surface area (Å²) in [6.07, 6.45) is 3.46. The highest BCUT2D eigenvalue weighted by molar-refractivity contribution is 6.04. The van der Waals surface area contributed by atoms with Gasteiger partial charge in [-0.3, -0.25) is 14.6 Å². The monoisotopic (exact) mass is 391 g/mol. The lowest BCUT2D eigenvalue weighted by molar-refractivity contribution is -0.119. The van der Waals surface area contributed by atoms with Gasteiger partial charge in [0.2, 0.25) is 5.91 Å². The largest absolute Gasteiger partial charge is 0.489 e. The topological polar surface area (TPSA) is 89.6 Å². The Morgan fingerprint density at radius 2 is 1.62 bits per heavy atom. The van der Waals surface area contributed by atoms with Gasteiger partial charge in [-0.2, -0.15) is 0 Å². The van der Waals surface area contributed by atoms with Gasteiger partial charge in [-0.15, -0.1) is 0 Å². The van der Waals surface area contributed by atoms with Crippen molar-refractivity contribution in [3.63, 3.8) is 0 Å². The summed E-state index contributed by atoms with van der Waals surface area (Å²) in [5, 5.41) is 5.51. The van der Waals surface area contributed by atoms with Crippen LogP contribution in [-0.2, 0) is 16.1 Å². The van der Waals surface area contributed by atoms with Crippen molar-refractivity contribution in [3.8, 4) is 5.75 Å². The van der Waals surface area contributed by atoms with E-state index < -0.39 is 0 Å². The van der Waals surface area contributed by atoms with Crippen molar-refractivity contribution in [1.82, 2.24) is 4.98 Å². The number of rotatable bonds is 8. The molecule has 0 radical (unpaired) electrons. The lowest BCUT2D eigenvalue weighted by Crippen LogP contribution is -2.17. The summed E-state index contributed by atoms with van der Waals surface area (Å²) in [6.45, 7) is 0.396. The molecule has 0 spiro atoms. The van der Waals surface area contributed by atoms with Gasteiger partial charge in [-0.05, 0) is 54.6 Å². The molecule has 0 aliphatic carbocycles. The molecule has 0 bridgehead atoms. The first-order valence-electron chi connectivity index (χ1n) is 8.96. The summed E-state index contributed by atoms with van der Waals surface area (Å²) in [4.78, 5) is 27.9. The standard InChI is InChI=1S/C22H21N3O4/c1-28-15-21(26)24-18-6-8-19(9-7-18)25-22(27)17-4-10-20(11-5-17)29-14-16-3-2-12-23-13-16/h2-13H,14-15H2,1H3,(H,24,26)(H,25,27). The Balaban J connectivity index is 1.53. The maximum atomic E-state index is 12.4. The molecule has 1 heterocycles. The molecule has 2 amide bonds. The van der Waals surface area contributed by atoms with Gasteiger partial charge >= 0.3 is 0 Å². The fourth-order valence-electron chi connectivity index (χ4n) is 2.52.